The lowest BCUT2D eigenvalue weighted by Gasteiger charge is -2.18. The van der Waals surface area contributed by atoms with Gasteiger partial charge in [-0.15, -0.1) is 0 Å². The first kappa shape index (κ1) is 11.2. The van der Waals surface area contributed by atoms with Crippen molar-refractivity contribution in [2.75, 3.05) is 7.05 Å². The van der Waals surface area contributed by atoms with Gasteiger partial charge in [-0.1, -0.05) is 17.7 Å². The predicted molar refractivity (Wildman–Crippen MR) is 59.8 cm³/mol. The van der Waals surface area contributed by atoms with E-state index in [1.54, 1.807) is 0 Å². The van der Waals surface area contributed by atoms with E-state index in [1.807, 2.05) is 7.05 Å². The average Bonchev–Trinajstić information content (AvgIpc) is 2.01. The summed E-state index contributed by atoms with van der Waals surface area (Å²) in [6.07, 6.45) is -0.152. The highest BCUT2D eigenvalue weighted by Gasteiger charge is 2.10. The Hall–Kier alpha value is -0.900. The van der Waals surface area contributed by atoms with E-state index in [2.05, 4.69) is 43.8 Å². The van der Waals surface area contributed by atoms with Gasteiger partial charge in [0.15, 0.2) is 0 Å². The molecule has 0 bridgehead atoms. The Bertz CT molecular complexity index is 297. The molecule has 3 heteroatoms. The van der Waals surface area contributed by atoms with Gasteiger partial charge >= 0.3 is 0 Å². The SMILES string of the molecule is CNNC(N)c1c(C)cc(C)cc1C. The summed E-state index contributed by atoms with van der Waals surface area (Å²) in [6, 6.07) is 4.30. The Kier molecular flexibility index (Phi) is 3.63. The van der Waals surface area contributed by atoms with E-state index in [1.165, 1.54) is 22.3 Å². The highest BCUT2D eigenvalue weighted by atomic mass is 15.4. The molecule has 0 heterocycles. The number of aryl methyl sites for hydroxylation is 3. The number of rotatable bonds is 3. The van der Waals surface area contributed by atoms with Crippen molar-refractivity contribution in [2.24, 2.45) is 5.73 Å². The molecule has 14 heavy (non-hydrogen) atoms. The summed E-state index contributed by atoms with van der Waals surface area (Å²) in [5, 5.41) is 0. The molecule has 0 radical (unpaired) electrons. The first-order chi connectivity index (χ1) is 6.56. The van der Waals surface area contributed by atoms with Gasteiger partial charge in [0.2, 0.25) is 0 Å². The van der Waals surface area contributed by atoms with Crippen molar-refractivity contribution in [1.82, 2.24) is 10.9 Å². The maximum atomic E-state index is 5.98. The highest BCUT2D eigenvalue weighted by molar-refractivity contribution is 5.39. The summed E-state index contributed by atoms with van der Waals surface area (Å²) in [5.74, 6) is 0. The van der Waals surface area contributed by atoms with Crippen LogP contribution < -0.4 is 16.6 Å². The Labute approximate surface area is 85.7 Å². The molecule has 3 nitrogen and oxygen atoms in total. The monoisotopic (exact) mass is 193 g/mol. The molecular weight excluding hydrogens is 174 g/mol. The van der Waals surface area contributed by atoms with Crippen molar-refractivity contribution in [3.05, 3.63) is 34.4 Å². The second kappa shape index (κ2) is 4.55. The molecular formula is C11H19N3. The molecule has 0 aliphatic carbocycles. The van der Waals surface area contributed by atoms with Crippen molar-refractivity contribution in [2.45, 2.75) is 26.9 Å². The van der Waals surface area contributed by atoms with E-state index in [0.717, 1.165) is 0 Å². The van der Waals surface area contributed by atoms with Gasteiger partial charge < -0.3 is 5.73 Å². The summed E-state index contributed by atoms with van der Waals surface area (Å²) < 4.78 is 0. The smallest absolute Gasteiger partial charge is 0.0943 e. The maximum absolute atomic E-state index is 5.98. The minimum Gasteiger partial charge on any atom is -0.311 e. The number of hydrazine groups is 1. The third-order valence-electron chi connectivity index (χ3n) is 2.35. The molecule has 1 rings (SSSR count). The van der Waals surface area contributed by atoms with Crippen LogP contribution in [-0.2, 0) is 0 Å². The van der Waals surface area contributed by atoms with Gasteiger partial charge in [-0.2, -0.15) is 0 Å². The van der Waals surface area contributed by atoms with E-state index in [-0.39, 0.29) is 6.17 Å². The molecule has 1 unspecified atom stereocenters. The van der Waals surface area contributed by atoms with Crippen molar-refractivity contribution >= 4 is 0 Å². The molecule has 0 aliphatic heterocycles. The van der Waals surface area contributed by atoms with Crippen LogP contribution in [0.3, 0.4) is 0 Å². The van der Waals surface area contributed by atoms with E-state index < -0.39 is 0 Å². The Morgan fingerprint density at radius 1 is 1.14 bits per heavy atom. The Balaban J connectivity index is 3.07. The lowest BCUT2D eigenvalue weighted by atomic mass is 9.98. The van der Waals surface area contributed by atoms with Gasteiger partial charge in [0.25, 0.3) is 0 Å². The van der Waals surface area contributed by atoms with E-state index in [4.69, 9.17) is 5.73 Å². The minimum atomic E-state index is -0.152. The maximum Gasteiger partial charge on any atom is 0.0943 e. The molecule has 0 aromatic heterocycles. The number of hydrogen-bond acceptors (Lipinski definition) is 3. The number of benzene rings is 1. The largest absolute Gasteiger partial charge is 0.311 e. The van der Waals surface area contributed by atoms with Crippen LogP contribution in [0.4, 0.5) is 0 Å². The molecule has 0 aliphatic rings. The zero-order valence-corrected chi connectivity index (χ0v) is 9.31. The summed E-state index contributed by atoms with van der Waals surface area (Å²) in [4.78, 5) is 0. The lowest BCUT2D eigenvalue weighted by molar-refractivity contribution is 0.484. The van der Waals surface area contributed by atoms with Crippen LogP contribution in [0.25, 0.3) is 0 Å². The molecule has 4 N–H and O–H groups in total. The van der Waals surface area contributed by atoms with Gasteiger partial charge in [-0.05, 0) is 44.5 Å². The highest BCUT2D eigenvalue weighted by Crippen LogP contribution is 2.20. The van der Waals surface area contributed by atoms with Crippen LogP contribution in [0.1, 0.15) is 28.4 Å². The normalized spacial score (nSPS) is 12.9. The number of nitrogens with one attached hydrogen (secondary N) is 2. The van der Waals surface area contributed by atoms with Gasteiger partial charge in [0.1, 0.15) is 0 Å². The lowest BCUT2D eigenvalue weighted by Crippen LogP contribution is -2.38. The summed E-state index contributed by atoms with van der Waals surface area (Å²) >= 11 is 0. The van der Waals surface area contributed by atoms with Crippen LogP contribution in [0.5, 0.6) is 0 Å². The Morgan fingerprint density at radius 3 is 2.07 bits per heavy atom. The molecule has 78 valence electrons. The zero-order valence-electron chi connectivity index (χ0n) is 9.31. The van der Waals surface area contributed by atoms with Gasteiger partial charge in [-0.3, -0.25) is 5.43 Å². The molecule has 1 aromatic carbocycles. The fourth-order valence-corrected chi connectivity index (χ4v) is 1.91. The van der Waals surface area contributed by atoms with Crippen LogP contribution in [-0.4, -0.2) is 7.05 Å². The van der Waals surface area contributed by atoms with Crippen LogP contribution in [0.2, 0.25) is 0 Å². The van der Waals surface area contributed by atoms with Crippen molar-refractivity contribution in [3.63, 3.8) is 0 Å². The second-order valence-electron chi connectivity index (χ2n) is 3.68. The predicted octanol–water partition coefficient (Wildman–Crippen LogP) is 1.29. The van der Waals surface area contributed by atoms with Crippen LogP contribution >= 0.6 is 0 Å². The first-order valence-corrected chi connectivity index (χ1v) is 4.82. The molecule has 0 saturated heterocycles. The number of hydrogen-bond donors (Lipinski definition) is 3. The molecule has 0 spiro atoms. The van der Waals surface area contributed by atoms with Gasteiger partial charge in [0, 0.05) is 0 Å². The van der Waals surface area contributed by atoms with E-state index >= 15 is 0 Å². The number of nitrogens with two attached hydrogens (primary N) is 1. The molecule has 0 fully saturated rings. The fraction of sp³-hybridized carbons (Fsp3) is 0.455. The van der Waals surface area contributed by atoms with E-state index in [0.29, 0.717) is 0 Å². The third kappa shape index (κ3) is 2.32. The third-order valence-corrected chi connectivity index (χ3v) is 2.35. The molecule has 1 aromatic rings. The summed E-state index contributed by atoms with van der Waals surface area (Å²) in [7, 11) is 1.82. The Morgan fingerprint density at radius 2 is 1.64 bits per heavy atom. The van der Waals surface area contributed by atoms with E-state index in [9.17, 15) is 0 Å². The zero-order chi connectivity index (χ0) is 10.7. The summed E-state index contributed by atoms with van der Waals surface area (Å²) in [6.45, 7) is 6.28. The van der Waals surface area contributed by atoms with Crippen molar-refractivity contribution < 1.29 is 0 Å². The second-order valence-corrected chi connectivity index (χ2v) is 3.68. The van der Waals surface area contributed by atoms with Crippen molar-refractivity contribution in [3.8, 4) is 0 Å². The summed E-state index contributed by atoms with van der Waals surface area (Å²) in [5.41, 5.74) is 16.8. The first-order valence-electron chi connectivity index (χ1n) is 4.82. The fourth-order valence-electron chi connectivity index (χ4n) is 1.91. The molecule has 1 atom stereocenters. The van der Waals surface area contributed by atoms with Gasteiger partial charge in [-0.25, -0.2) is 5.43 Å². The van der Waals surface area contributed by atoms with Crippen LogP contribution in [0.15, 0.2) is 12.1 Å². The topological polar surface area (TPSA) is 50.1 Å². The average molecular weight is 193 g/mol. The molecule has 0 saturated carbocycles. The standard InChI is InChI=1S/C11H19N3/c1-7-5-8(2)10(9(3)6-7)11(12)14-13-4/h5-6,11,13-14H,12H2,1-4H3. The molecule has 0 amide bonds. The van der Waals surface area contributed by atoms with Gasteiger partial charge in [0.05, 0.1) is 6.17 Å². The minimum absolute atomic E-state index is 0.152. The van der Waals surface area contributed by atoms with Crippen molar-refractivity contribution in [1.29, 1.82) is 0 Å². The van der Waals surface area contributed by atoms with Crippen LogP contribution in [0, 0.1) is 20.8 Å². The quantitative estimate of drug-likeness (QED) is 0.501.